The molecule has 3 N–H and O–H groups in total. The maximum Gasteiger partial charge on any atom is 0.336 e. The van der Waals surface area contributed by atoms with Gasteiger partial charge in [-0.05, 0) is 60.7 Å². The third-order valence-corrected chi connectivity index (χ3v) is 11.3. The molecule has 8 unspecified atom stereocenters. The molecule has 1 saturated heterocycles. The number of carbonyl (C=O) groups excluding carboxylic acids is 2. The zero-order valence-corrected chi connectivity index (χ0v) is 22.2. The number of fused-ring (bicyclic) bond motifs is 5. The lowest BCUT2D eigenvalue weighted by Crippen LogP contribution is -2.61. The quantitative estimate of drug-likeness (QED) is 0.461. The van der Waals surface area contributed by atoms with Crippen molar-refractivity contribution in [3.05, 3.63) is 0 Å². The maximum absolute atomic E-state index is 13.9. The minimum absolute atomic E-state index is 0.0504. The molecule has 5 fully saturated rings. The zero-order valence-electron chi connectivity index (χ0n) is 22.2. The molecule has 38 heavy (non-hydrogen) atoms. The highest BCUT2D eigenvalue weighted by molar-refractivity contribution is 5.92. The number of aliphatic carboxylic acids is 3. The van der Waals surface area contributed by atoms with Gasteiger partial charge in [-0.3, -0.25) is 14.4 Å². The van der Waals surface area contributed by atoms with Crippen LogP contribution in [-0.2, 0) is 33.4 Å². The molecule has 10 nitrogen and oxygen atoms in total. The van der Waals surface area contributed by atoms with E-state index in [4.69, 9.17) is 14.6 Å². The van der Waals surface area contributed by atoms with Gasteiger partial charge in [0.2, 0.25) is 0 Å². The predicted molar refractivity (Wildman–Crippen MR) is 130 cm³/mol. The van der Waals surface area contributed by atoms with E-state index in [0.29, 0.717) is 25.7 Å². The summed E-state index contributed by atoms with van der Waals surface area (Å²) in [4.78, 5) is 62.2. The molecule has 5 rings (SSSR count). The van der Waals surface area contributed by atoms with Gasteiger partial charge in [0.1, 0.15) is 11.6 Å². The van der Waals surface area contributed by atoms with Gasteiger partial charge in [-0.2, -0.15) is 0 Å². The van der Waals surface area contributed by atoms with E-state index in [0.717, 1.165) is 12.8 Å². The molecule has 0 aromatic heterocycles. The first-order chi connectivity index (χ1) is 17.7. The number of Topliss-reactive ketones (excluding diaryl/α,β-unsaturated/α-hetero) is 2. The third-order valence-electron chi connectivity index (χ3n) is 11.3. The summed E-state index contributed by atoms with van der Waals surface area (Å²) in [7, 11) is 0. The number of rotatable bonds is 6. The minimum Gasteiger partial charge on any atom is -0.481 e. The normalized spacial score (nSPS) is 46.8. The Bertz CT molecular complexity index is 1050. The minimum atomic E-state index is -1.61. The number of ketones is 2. The van der Waals surface area contributed by atoms with Crippen LogP contribution in [0.5, 0.6) is 0 Å². The van der Waals surface area contributed by atoms with Crippen LogP contribution in [0.4, 0.5) is 0 Å². The molecule has 10 atom stereocenters. The molecule has 1 aliphatic heterocycles. The van der Waals surface area contributed by atoms with Gasteiger partial charge in [0.05, 0.1) is 0 Å². The number of carboxylic acid groups (broad SMARTS) is 3. The van der Waals surface area contributed by atoms with Crippen LogP contribution in [0.25, 0.3) is 0 Å². The van der Waals surface area contributed by atoms with Crippen molar-refractivity contribution in [2.24, 2.45) is 46.3 Å². The highest BCUT2D eigenvalue weighted by Gasteiger charge is 2.68. The summed E-state index contributed by atoms with van der Waals surface area (Å²) in [5.41, 5.74) is -1.00. The van der Waals surface area contributed by atoms with Crippen molar-refractivity contribution in [2.45, 2.75) is 96.6 Å². The lowest BCUT2D eigenvalue weighted by atomic mass is 9.43. The topological polar surface area (TPSA) is 164 Å². The second kappa shape index (κ2) is 9.11. The van der Waals surface area contributed by atoms with Gasteiger partial charge in [0.15, 0.2) is 18.0 Å². The Morgan fingerprint density at radius 1 is 0.947 bits per heavy atom. The fourth-order valence-corrected chi connectivity index (χ4v) is 9.28. The van der Waals surface area contributed by atoms with Gasteiger partial charge in [-0.1, -0.05) is 20.8 Å². The predicted octanol–water partition coefficient (Wildman–Crippen LogP) is 3.15. The van der Waals surface area contributed by atoms with E-state index < -0.39 is 41.3 Å². The summed E-state index contributed by atoms with van der Waals surface area (Å²) < 4.78 is 11.5. The SMILES string of the molecule is CC(CCC(=O)O)C1CCC2C3C(=O)CC4CC5(CC[C@]4(C)C3CC(=O)[C@]12C)OC(C(=O)O)C(C(=O)O)O5. The van der Waals surface area contributed by atoms with E-state index in [1.54, 1.807) is 0 Å². The second-order valence-electron chi connectivity index (χ2n) is 13.0. The van der Waals surface area contributed by atoms with E-state index in [-0.39, 0.29) is 71.8 Å². The van der Waals surface area contributed by atoms with Crippen LogP contribution in [0.2, 0.25) is 0 Å². The summed E-state index contributed by atoms with van der Waals surface area (Å²) in [6.07, 6.45) is 0.552. The van der Waals surface area contributed by atoms with E-state index in [1.165, 1.54) is 0 Å². The standard InChI is InChI=1S/C28H38O10/c1-13(4-7-20(31)32)15-5-6-16-21-17(11-19(30)27(15,16)3)26(2)8-9-28(12-14(26)10-18(21)29)37-22(24(33)34)23(38-28)25(35)36/h13-17,21-23H,4-12H2,1-3H3,(H,31,32)(H,33,34)(H,35,36)/t13?,14?,15?,16?,17?,21?,22?,23?,26-,27+,28?/m0/s1. The second-order valence-corrected chi connectivity index (χ2v) is 13.0. The van der Waals surface area contributed by atoms with Crippen LogP contribution < -0.4 is 0 Å². The Kier molecular flexibility index (Phi) is 6.53. The first-order valence-corrected chi connectivity index (χ1v) is 13.8. The third kappa shape index (κ3) is 3.93. The molecule has 0 aromatic rings. The highest BCUT2D eigenvalue weighted by Crippen LogP contribution is 2.67. The van der Waals surface area contributed by atoms with Crippen molar-refractivity contribution in [1.29, 1.82) is 0 Å². The molecule has 0 amide bonds. The molecule has 1 heterocycles. The van der Waals surface area contributed by atoms with Crippen LogP contribution in [0.3, 0.4) is 0 Å². The van der Waals surface area contributed by atoms with E-state index in [9.17, 15) is 34.2 Å². The van der Waals surface area contributed by atoms with Gasteiger partial charge in [-0.15, -0.1) is 0 Å². The average Bonchev–Trinajstić information content (AvgIpc) is 3.39. The Labute approximate surface area is 221 Å². The van der Waals surface area contributed by atoms with Gasteiger partial charge < -0.3 is 24.8 Å². The van der Waals surface area contributed by atoms with Crippen LogP contribution in [0.15, 0.2) is 0 Å². The largest absolute Gasteiger partial charge is 0.481 e. The molecule has 5 aliphatic rings. The molecular weight excluding hydrogens is 496 g/mol. The van der Waals surface area contributed by atoms with Crippen LogP contribution in [0, 0.1) is 46.3 Å². The van der Waals surface area contributed by atoms with Crippen molar-refractivity contribution >= 4 is 29.5 Å². The van der Waals surface area contributed by atoms with Crippen LogP contribution >= 0.6 is 0 Å². The first-order valence-electron chi connectivity index (χ1n) is 13.8. The van der Waals surface area contributed by atoms with Gasteiger partial charge in [0.25, 0.3) is 0 Å². The summed E-state index contributed by atoms with van der Waals surface area (Å²) in [5, 5.41) is 28.2. The van der Waals surface area contributed by atoms with Crippen molar-refractivity contribution in [1.82, 2.24) is 0 Å². The lowest BCUT2D eigenvalue weighted by Gasteiger charge is -2.60. The van der Waals surface area contributed by atoms with Crippen molar-refractivity contribution in [2.75, 3.05) is 0 Å². The first kappa shape index (κ1) is 27.2. The maximum atomic E-state index is 13.9. The van der Waals surface area contributed by atoms with Gasteiger partial charge in [-0.25, -0.2) is 9.59 Å². The Morgan fingerprint density at radius 3 is 2.16 bits per heavy atom. The van der Waals surface area contributed by atoms with Crippen LogP contribution in [-0.4, -0.2) is 62.8 Å². The number of ether oxygens (including phenoxy) is 2. The number of carbonyl (C=O) groups is 5. The smallest absolute Gasteiger partial charge is 0.336 e. The highest BCUT2D eigenvalue weighted by atomic mass is 16.8. The fraction of sp³-hybridized carbons (Fsp3) is 0.821. The fourth-order valence-electron chi connectivity index (χ4n) is 9.28. The molecular formula is C28H38O10. The van der Waals surface area contributed by atoms with Crippen molar-refractivity contribution in [3.8, 4) is 0 Å². The monoisotopic (exact) mass is 534 g/mol. The summed E-state index contributed by atoms with van der Waals surface area (Å²) in [6.45, 7) is 6.14. The molecule has 0 radical (unpaired) electrons. The Hall–Kier alpha value is -2.33. The number of hydrogen-bond donors (Lipinski definition) is 3. The molecule has 10 heteroatoms. The van der Waals surface area contributed by atoms with E-state index in [2.05, 4.69) is 6.92 Å². The van der Waals surface area contributed by atoms with Crippen molar-refractivity contribution in [3.63, 3.8) is 0 Å². The number of hydrogen-bond acceptors (Lipinski definition) is 7. The molecule has 1 spiro atoms. The summed E-state index contributed by atoms with van der Waals surface area (Å²) >= 11 is 0. The van der Waals surface area contributed by atoms with E-state index in [1.807, 2.05) is 13.8 Å². The summed E-state index contributed by atoms with van der Waals surface area (Å²) in [5.74, 6) is -5.28. The zero-order chi connectivity index (χ0) is 27.8. The van der Waals surface area contributed by atoms with E-state index >= 15 is 0 Å². The summed E-state index contributed by atoms with van der Waals surface area (Å²) in [6, 6.07) is 0. The lowest BCUT2D eigenvalue weighted by molar-refractivity contribution is -0.238. The molecule has 4 saturated carbocycles. The number of carboxylic acids is 3. The Morgan fingerprint density at radius 2 is 1.58 bits per heavy atom. The molecule has 0 bridgehead atoms. The van der Waals surface area contributed by atoms with Crippen molar-refractivity contribution < 1.29 is 48.8 Å². The molecule has 210 valence electrons. The average molecular weight is 535 g/mol. The van der Waals surface area contributed by atoms with Crippen LogP contribution in [0.1, 0.15) is 78.6 Å². The molecule has 0 aromatic carbocycles. The Balaban J connectivity index is 1.39. The molecule has 4 aliphatic carbocycles. The van der Waals surface area contributed by atoms with Gasteiger partial charge in [0, 0.05) is 43.4 Å². The van der Waals surface area contributed by atoms with Gasteiger partial charge >= 0.3 is 17.9 Å².